The highest BCUT2D eigenvalue weighted by atomic mass is 32.2. The fourth-order valence-corrected chi connectivity index (χ4v) is 4.99. The van der Waals surface area contributed by atoms with E-state index in [1.165, 1.54) is 10.4 Å². The molecule has 146 valence electrons. The summed E-state index contributed by atoms with van der Waals surface area (Å²) < 4.78 is 66.8. The number of amides is 1. The van der Waals surface area contributed by atoms with Crippen LogP contribution in [-0.4, -0.2) is 57.0 Å². The number of hydrogen-bond acceptors (Lipinski definition) is 6. The van der Waals surface area contributed by atoms with Crippen LogP contribution < -0.4 is 5.32 Å². The smallest absolute Gasteiger partial charge is 0.405 e. The van der Waals surface area contributed by atoms with Crippen molar-refractivity contribution in [2.24, 2.45) is 5.92 Å². The maximum absolute atomic E-state index is 12.4. The minimum Gasteiger partial charge on any atom is -0.455 e. The first-order chi connectivity index (χ1) is 12.1. The van der Waals surface area contributed by atoms with E-state index in [1.54, 1.807) is 16.8 Å². The highest BCUT2D eigenvalue weighted by Gasteiger charge is 2.33. The number of carbonyl (C=O) groups excluding carboxylic acids is 2. The molecule has 26 heavy (non-hydrogen) atoms. The van der Waals surface area contributed by atoms with E-state index in [1.807, 2.05) is 0 Å². The SMILES string of the molecule is O=C(COC(=O)C1CCN(S(=O)(=O)c2cccs2)CC1)NCC(F)(F)F. The van der Waals surface area contributed by atoms with Gasteiger partial charge >= 0.3 is 12.1 Å². The Morgan fingerprint density at radius 2 is 1.96 bits per heavy atom. The Morgan fingerprint density at radius 3 is 2.50 bits per heavy atom. The lowest BCUT2D eigenvalue weighted by Crippen LogP contribution is -2.41. The summed E-state index contributed by atoms with van der Waals surface area (Å²) in [5, 5.41) is 3.25. The second-order valence-corrected chi connectivity index (χ2v) is 8.72. The average Bonchev–Trinajstić information content (AvgIpc) is 3.12. The number of carbonyl (C=O) groups is 2. The lowest BCUT2D eigenvalue weighted by atomic mass is 9.98. The van der Waals surface area contributed by atoms with E-state index in [0.717, 1.165) is 11.3 Å². The topological polar surface area (TPSA) is 92.8 Å². The molecule has 1 aromatic rings. The summed E-state index contributed by atoms with van der Waals surface area (Å²) in [6.07, 6.45) is -4.11. The van der Waals surface area contributed by atoms with Crippen LogP contribution in [0.2, 0.25) is 0 Å². The van der Waals surface area contributed by atoms with Gasteiger partial charge in [-0.2, -0.15) is 17.5 Å². The number of halogens is 3. The molecule has 2 heterocycles. The third kappa shape index (κ3) is 5.68. The highest BCUT2D eigenvalue weighted by molar-refractivity contribution is 7.91. The van der Waals surface area contributed by atoms with Crippen LogP contribution in [-0.2, 0) is 24.3 Å². The van der Waals surface area contributed by atoms with E-state index >= 15 is 0 Å². The number of ether oxygens (including phenoxy) is 1. The number of nitrogens with one attached hydrogen (secondary N) is 1. The number of alkyl halides is 3. The molecule has 0 atom stereocenters. The van der Waals surface area contributed by atoms with Gasteiger partial charge in [0.15, 0.2) is 6.61 Å². The summed E-state index contributed by atoms with van der Waals surface area (Å²) in [4.78, 5) is 23.1. The zero-order valence-corrected chi connectivity index (χ0v) is 15.1. The molecule has 0 unspecified atom stereocenters. The van der Waals surface area contributed by atoms with Gasteiger partial charge in [-0.1, -0.05) is 6.07 Å². The van der Waals surface area contributed by atoms with Crippen LogP contribution in [0.1, 0.15) is 12.8 Å². The standard InChI is InChI=1S/C14H17F3N2O5S2/c15-14(16,17)9-18-11(20)8-24-13(21)10-3-5-19(6-4-10)26(22,23)12-2-1-7-25-12/h1-2,7,10H,3-6,8-9H2,(H,18,20). The van der Waals surface area contributed by atoms with Crippen molar-refractivity contribution >= 4 is 33.2 Å². The molecule has 0 spiro atoms. The van der Waals surface area contributed by atoms with E-state index in [4.69, 9.17) is 4.74 Å². The maximum Gasteiger partial charge on any atom is 0.405 e. The van der Waals surface area contributed by atoms with Gasteiger partial charge in [0.05, 0.1) is 5.92 Å². The molecule has 1 saturated heterocycles. The molecule has 1 aromatic heterocycles. The fraction of sp³-hybridized carbons (Fsp3) is 0.571. The molecule has 0 saturated carbocycles. The third-order valence-corrected chi connectivity index (χ3v) is 6.98. The third-order valence-electron chi connectivity index (χ3n) is 3.71. The molecule has 0 bridgehead atoms. The first kappa shape index (κ1) is 20.6. The van der Waals surface area contributed by atoms with E-state index in [2.05, 4.69) is 0 Å². The highest BCUT2D eigenvalue weighted by Crippen LogP contribution is 2.26. The second kappa shape index (κ2) is 8.35. The summed E-state index contributed by atoms with van der Waals surface area (Å²) in [5.41, 5.74) is 0. The zero-order valence-electron chi connectivity index (χ0n) is 13.5. The Bertz CT molecular complexity index is 726. The molecule has 0 radical (unpaired) electrons. The van der Waals surface area contributed by atoms with Gasteiger partial charge in [-0.05, 0) is 24.3 Å². The van der Waals surface area contributed by atoms with E-state index in [0.29, 0.717) is 0 Å². The van der Waals surface area contributed by atoms with Crippen molar-refractivity contribution in [1.82, 2.24) is 9.62 Å². The minimum absolute atomic E-state index is 0.125. The maximum atomic E-state index is 12.4. The first-order valence-corrected chi connectivity index (χ1v) is 9.95. The molecule has 0 aromatic carbocycles. The number of rotatable bonds is 6. The van der Waals surface area contributed by atoms with Gasteiger partial charge in [-0.15, -0.1) is 11.3 Å². The van der Waals surface area contributed by atoms with Gasteiger partial charge in [-0.3, -0.25) is 9.59 Å². The molecule has 0 aliphatic carbocycles. The van der Waals surface area contributed by atoms with Crippen LogP contribution in [0.15, 0.2) is 21.7 Å². The van der Waals surface area contributed by atoms with Crippen LogP contribution in [0.5, 0.6) is 0 Å². The van der Waals surface area contributed by atoms with Crippen molar-refractivity contribution in [1.29, 1.82) is 0 Å². The van der Waals surface area contributed by atoms with Gasteiger partial charge in [-0.25, -0.2) is 8.42 Å². The quantitative estimate of drug-likeness (QED) is 0.710. The Hall–Kier alpha value is -1.66. The molecule has 1 aliphatic heterocycles. The van der Waals surface area contributed by atoms with Crippen LogP contribution in [0.25, 0.3) is 0 Å². The van der Waals surface area contributed by atoms with Crippen LogP contribution in [0.3, 0.4) is 0 Å². The number of hydrogen-bond donors (Lipinski definition) is 1. The van der Waals surface area contributed by atoms with E-state index in [9.17, 15) is 31.2 Å². The van der Waals surface area contributed by atoms with Crippen molar-refractivity contribution in [2.75, 3.05) is 26.2 Å². The molecule has 7 nitrogen and oxygen atoms in total. The van der Waals surface area contributed by atoms with Gasteiger partial charge in [0.1, 0.15) is 10.8 Å². The Labute approximate surface area is 152 Å². The number of sulfonamides is 1. The monoisotopic (exact) mass is 414 g/mol. The number of esters is 1. The van der Waals surface area contributed by atoms with Crippen molar-refractivity contribution in [3.63, 3.8) is 0 Å². The van der Waals surface area contributed by atoms with Gasteiger partial charge < -0.3 is 10.1 Å². The van der Waals surface area contributed by atoms with E-state index < -0.39 is 47.1 Å². The number of nitrogens with zero attached hydrogens (tertiary/aromatic N) is 1. The lowest BCUT2D eigenvalue weighted by Gasteiger charge is -2.29. The molecule has 12 heteroatoms. The van der Waals surface area contributed by atoms with Gasteiger partial charge in [0, 0.05) is 13.1 Å². The summed E-state index contributed by atoms with van der Waals surface area (Å²) in [6.45, 7) is -2.05. The molecule has 1 amide bonds. The zero-order chi connectivity index (χ0) is 19.4. The Kier molecular flexibility index (Phi) is 6.64. The summed E-state index contributed by atoms with van der Waals surface area (Å²) in [7, 11) is -3.59. The fourth-order valence-electron chi connectivity index (χ4n) is 2.37. The van der Waals surface area contributed by atoms with Crippen molar-refractivity contribution in [3.8, 4) is 0 Å². The van der Waals surface area contributed by atoms with Crippen LogP contribution >= 0.6 is 11.3 Å². The summed E-state index contributed by atoms with van der Waals surface area (Å²) in [6, 6.07) is 3.13. The predicted octanol–water partition coefficient (Wildman–Crippen LogP) is 1.37. The van der Waals surface area contributed by atoms with Crippen LogP contribution in [0, 0.1) is 5.92 Å². The van der Waals surface area contributed by atoms with Crippen molar-refractivity contribution in [3.05, 3.63) is 17.5 Å². The van der Waals surface area contributed by atoms with Gasteiger partial charge in [0.2, 0.25) is 0 Å². The van der Waals surface area contributed by atoms with Crippen molar-refractivity contribution in [2.45, 2.75) is 23.2 Å². The molecule has 2 rings (SSSR count). The Balaban J connectivity index is 1.77. The predicted molar refractivity (Wildman–Crippen MR) is 85.8 cm³/mol. The normalized spacial score (nSPS) is 17.0. The first-order valence-electron chi connectivity index (χ1n) is 7.63. The minimum atomic E-state index is -4.54. The van der Waals surface area contributed by atoms with E-state index in [-0.39, 0.29) is 30.1 Å². The van der Waals surface area contributed by atoms with Crippen LogP contribution in [0.4, 0.5) is 13.2 Å². The molecule has 1 N–H and O–H groups in total. The number of piperidine rings is 1. The summed E-state index contributed by atoms with van der Waals surface area (Å²) in [5.74, 6) is -2.37. The largest absolute Gasteiger partial charge is 0.455 e. The summed E-state index contributed by atoms with van der Waals surface area (Å²) >= 11 is 1.10. The molecular weight excluding hydrogens is 397 g/mol. The van der Waals surface area contributed by atoms with Crippen molar-refractivity contribution < 1.29 is 35.9 Å². The average molecular weight is 414 g/mol. The lowest BCUT2D eigenvalue weighted by molar-refractivity contribution is -0.155. The Morgan fingerprint density at radius 1 is 1.31 bits per heavy atom. The number of thiophene rings is 1. The molecule has 1 aliphatic rings. The van der Waals surface area contributed by atoms with Gasteiger partial charge in [0.25, 0.3) is 15.9 Å². The second-order valence-electron chi connectivity index (χ2n) is 5.61. The molecule has 1 fully saturated rings. The molecular formula is C14H17F3N2O5S2.